The Balaban J connectivity index is 1.68. The molecule has 1 saturated carbocycles. The zero-order valence-corrected chi connectivity index (χ0v) is 18.7. The molecule has 2 aliphatic carbocycles. The van der Waals surface area contributed by atoms with Gasteiger partial charge in [0.2, 0.25) is 0 Å². The third-order valence-electron chi connectivity index (χ3n) is 7.33. The van der Waals surface area contributed by atoms with Gasteiger partial charge in [0.1, 0.15) is 0 Å². The maximum Gasteiger partial charge on any atom is 0.165 e. The lowest BCUT2D eigenvalue weighted by molar-refractivity contribution is 0.209. The topological polar surface area (TPSA) is 9.23 Å². The van der Waals surface area contributed by atoms with Gasteiger partial charge in [-0.3, -0.25) is 0 Å². The van der Waals surface area contributed by atoms with Crippen molar-refractivity contribution in [3.05, 3.63) is 41.7 Å². The molecule has 0 saturated heterocycles. The number of ether oxygens (including phenoxy) is 1. The molecule has 29 heavy (non-hydrogen) atoms. The summed E-state index contributed by atoms with van der Waals surface area (Å²) in [6, 6.07) is 5.78. The molecule has 2 aliphatic rings. The second-order valence-electron chi connectivity index (χ2n) is 9.39. The minimum atomic E-state index is -0.189. The first-order chi connectivity index (χ1) is 14.2. The maximum atomic E-state index is 14.6. The lowest BCUT2D eigenvalue weighted by Gasteiger charge is -2.36. The normalized spacial score (nSPS) is 25.7. The quantitative estimate of drug-likeness (QED) is 0.283. The van der Waals surface area contributed by atoms with Crippen LogP contribution in [0.5, 0.6) is 5.75 Å². The fourth-order valence-corrected chi connectivity index (χ4v) is 5.61. The van der Waals surface area contributed by atoms with Crippen molar-refractivity contribution in [2.24, 2.45) is 17.8 Å². The average molecular weight is 401 g/mol. The molecule has 2 atom stereocenters. The van der Waals surface area contributed by atoms with Gasteiger partial charge in [-0.15, -0.1) is 0 Å². The molecule has 1 aromatic carbocycles. The monoisotopic (exact) mass is 400 g/mol. The van der Waals surface area contributed by atoms with Crippen LogP contribution in [0.1, 0.15) is 102 Å². The molecule has 1 nitrogen and oxygen atoms in total. The molecule has 162 valence electrons. The Hall–Kier alpha value is -1.31. The molecule has 0 N–H and O–H groups in total. The summed E-state index contributed by atoms with van der Waals surface area (Å²) >= 11 is 0. The molecule has 2 heteroatoms. The number of allylic oxidation sites excluding steroid dienone is 2. The SMILES string of the molecule is CCCCCC1CCC(C(CC2CC=CCC2)c2ccc(OCC)c(F)c2)CC1. The highest BCUT2D eigenvalue weighted by Gasteiger charge is 2.31. The Morgan fingerprint density at radius 3 is 2.48 bits per heavy atom. The van der Waals surface area contributed by atoms with E-state index in [1.807, 2.05) is 13.0 Å². The van der Waals surface area contributed by atoms with Crippen molar-refractivity contribution in [3.8, 4) is 5.75 Å². The smallest absolute Gasteiger partial charge is 0.165 e. The summed E-state index contributed by atoms with van der Waals surface area (Å²) in [5.74, 6) is 3.09. The Bertz CT molecular complexity index is 629. The molecule has 0 radical (unpaired) electrons. The number of halogens is 1. The molecule has 2 unspecified atom stereocenters. The van der Waals surface area contributed by atoms with Crippen LogP contribution in [-0.4, -0.2) is 6.61 Å². The van der Waals surface area contributed by atoms with Crippen molar-refractivity contribution in [2.75, 3.05) is 6.61 Å². The van der Waals surface area contributed by atoms with E-state index in [1.54, 1.807) is 6.07 Å². The van der Waals surface area contributed by atoms with Crippen molar-refractivity contribution in [2.45, 2.75) is 96.8 Å². The minimum absolute atomic E-state index is 0.189. The number of benzene rings is 1. The van der Waals surface area contributed by atoms with E-state index in [0.29, 0.717) is 24.2 Å². The summed E-state index contributed by atoms with van der Waals surface area (Å²) in [4.78, 5) is 0. The highest BCUT2D eigenvalue weighted by molar-refractivity contribution is 5.32. The van der Waals surface area contributed by atoms with Gasteiger partial charge in [-0.05, 0) is 86.8 Å². The fraction of sp³-hybridized carbons (Fsp3) is 0.704. The van der Waals surface area contributed by atoms with Gasteiger partial charge < -0.3 is 4.74 Å². The van der Waals surface area contributed by atoms with Crippen LogP contribution in [0.3, 0.4) is 0 Å². The highest BCUT2D eigenvalue weighted by atomic mass is 19.1. The van der Waals surface area contributed by atoms with E-state index in [9.17, 15) is 4.39 Å². The number of unbranched alkanes of at least 4 members (excludes halogenated alkanes) is 2. The van der Waals surface area contributed by atoms with Crippen LogP contribution in [0.2, 0.25) is 0 Å². The van der Waals surface area contributed by atoms with E-state index in [0.717, 1.165) is 11.8 Å². The number of rotatable bonds is 10. The molecule has 1 fully saturated rings. The van der Waals surface area contributed by atoms with Gasteiger partial charge in [0, 0.05) is 0 Å². The van der Waals surface area contributed by atoms with Gasteiger partial charge in [0.15, 0.2) is 11.6 Å². The number of hydrogen-bond donors (Lipinski definition) is 0. The predicted molar refractivity (Wildman–Crippen MR) is 121 cm³/mol. The molecule has 0 bridgehead atoms. The summed E-state index contributed by atoms with van der Waals surface area (Å²) in [5, 5.41) is 0. The van der Waals surface area contributed by atoms with Crippen LogP contribution in [0.25, 0.3) is 0 Å². The zero-order chi connectivity index (χ0) is 20.5. The van der Waals surface area contributed by atoms with E-state index >= 15 is 0 Å². The Kier molecular flexibility index (Phi) is 9.08. The third-order valence-corrected chi connectivity index (χ3v) is 7.33. The van der Waals surface area contributed by atoms with E-state index in [4.69, 9.17) is 4.74 Å². The van der Waals surface area contributed by atoms with E-state index < -0.39 is 0 Å². The molecular weight excluding hydrogens is 359 g/mol. The summed E-state index contributed by atoms with van der Waals surface area (Å²) in [5.41, 5.74) is 1.20. The van der Waals surface area contributed by atoms with Crippen LogP contribution >= 0.6 is 0 Å². The molecule has 0 amide bonds. The largest absolute Gasteiger partial charge is 0.491 e. The number of hydrogen-bond acceptors (Lipinski definition) is 1. The second-order valence-corrected chi connectivity index (χ2v) is 9.39. The Morgan fingerprint density at radius 1 is 1.00 bits per heavy atom. The average Bonchev–Trinajstić information content (AvgIpc) is 2.75. The first-order valence-electron chi connectivity index (χ1n) is 12.3. The van der Waals surface area contributed by atoms with E-state index in [-0.39, 0.29) is 5.82 Å². The summed E-state index contributed by atoms with van der Waals surface area (Å²) in [6.45, 7) is 4.71. The van der Waals surface area contributed by atoms with Crippen molar-refractivity contribution in [1.29, 1.82) is 0 Å². The summed E-state index contributed by atoms with van der Waals surface area (Å²) in [7, 11) is 0. The second kappa shape index (κ2) is 11.8. The summed E-state index contributed by atoms with van der Waals surface area (Å²) in [6.07, 6.45) is 20.5. The van der Waals surface area contributed by atoms with Crippen molar-refractivity contribution < 1.29 is 9.13 Å². The van der Waals surface area contributed by atoms with Gasteiger partial charge in [0.25, 0.3) is 0 Å². The van der Waals surface area contributed by atoms with Crippen LogP contribution < -0.4 is 4.74 Å². The maximum absolute atomic E-state index is 14.6. The van der Waals surface area contributed by atoms with E-state index in [1.165, 1.54) is 82.6 Å². The van der Waals surface area contributed by atoms with Gasteiger partial charge in [0.05, 0.1) is 6.61 Å². The molecule has 0 heterocycles. The van der Waals surface area contributed by atoms with E-state index in [2.05, 4.69) is 25.1 Å². The predicted octanol–water partition coefficient (Wildman–Crippen LogP) is 8.44. The molecule has 1 aromatic rings. The lowest BCUT2D eigenvalue weighted by Crippen LogP contribution is -2.23. The third kappa shape index (κ3) is 6.59. The van der Waals surface area contributed by atoms with Crippen molar-refractivity contribution in [1.82, 2.24) is 0 Å². The van der Waals surface area contributed by atoms with Crippen LogP contribution in [0.15, 0.2) is 30.4 Å². The first-order valence-corrected chi connectivity index (χ1v) is 12.3. The molecule has 0 aromatic heterocycles. The van der Waals surface area contributed by atoms with Crippen LogP contribution in [0, 0.1) is 23.6 Å². The van der Waals surface area contributed by atoms with Crippen LogP contribution in [-0.2, 0) is 0 Å². The molecule has 0 spiro atoms. The van der Waals surface area contributed by atoms with Gasteiger partial charge in [-0.25, -0.2) is 4.39 Å². The van der Waals surface area contributed by atoms with Gasteiger partial charge in [-0.2, -0.15) is 0 Å². The molecular formula is C27H41FO. The molecule has 0 aliphatic heterocycles. The standard InChI is InChI=1S/C27H41FO/c1-3-5-7-10-21-13-15-23(16-14-21)25(19-22-11-8-6-9-12-22)24-17-18-27(29-4-2)26(28)20-24/h6,8,17-18,20-23,25H,3-5,7,9-16,19H2,1-2H3. The van der Waals surface area contributed by atoms with Gasteiger partial charge in [-0.1, -0.05) is 63.7 Å². The van der Waals surface area contributed by atoms with Crippen LogP contribution in [0.4, 0.5) is 4.39 Å². The van der Waals surface area contributed by atoms with Crippen molar-refractivity contribution in [3.63, 3.8) is 0 Å². The Morgan fingerprint density at radius 2 is 1.83 bits per heavy atom. The molecule has 3 rings (SSSR count). The van der Waals surface area contributed by atoms with Gasteiger partial charge >= 0.3 is 0 Å². The zero-order valence-electron chi connectivity index (χ0n) is 18.7. The lowest BCUT2D eigenvalue weighted by atomic mass is 9.69. The highest BCUT2D eigenvalue weighted by Crippen LogP contribution is 2.44. The Labute approximate surface area is 178 Å². The fourth-order valence-electron chi connectivity index (χ4n) is 5.61. The van der Waals surface area contributed by atoms with Crippen molar-refractivity contribution >= 4 is 0 Å². The summed E-state index contributed by atoms with van der Waals surface area (Å²) < 4.78 is 20.1. The first kappa shape index (κ1) is 22.4. The minimum Gasteiger partial charge on any atom is -0.491 e.